The molecule has 37 heavy (non-hydrogen) atoms. The molecule has 0 aliphatic carbocycles. The van der Waals surface area contributed by atoms with Gasteiger partial charge in [0.15, 0.2) is 5.75 Å². The number of hydrogen-bond acceptors (Lipinski definition) is 6. The van der Waals surface area contributed by atoms with Gasteiger partial charge in [-0.05, 0) is 42.5 Å². The highest BCUT2D eigenvalue weighted by molar-refractivity contribution is 6.18. The highest BCUT2D eigenvalue weighted by Crippen LogP contribution is 2.43. The third kappa shape index (κ3) is 4.13. The van der Waals surface area contributed by atoms with E-state index < -0.39 is 29.0 Å². The monoisotopic (exact) mass is 502 g/mol. The Morgan fingerprint density at radius 1 is 1.08 bits per heavy atom. The first kappa shape index (κ1) is 24.2. The molecule has 5 rings (SSSR count). The third-order valence-corrected chi connectivity index (χ3v) is 6.71. The van der Waals surface area contributed by atoms with Crippen molar-refractivity contribution in [2.45, 2.75) is 19.8 Å². The summed E-state index contributed by atoms with van der Waals surface area (Å²) < 4.78 is 10.8. The van der Waals surface area contributed by atoms with Crippen LogP contribution < -0.4 is 4.74 Å². The van der Waals surface area contributed by atoms with Gasteiger partial charge in [-0.2, -0.15) is 0 Å². The fourth-order valence-corrected chi connectivity index (χ4v) is 4.64. The van der Waals surface area contributed by atoms with Gasteiger partial charge in [0.05, 0.1) is 18.2 Å². The minimum absolute atomic E-state index is 0.0890. The van der Waals surface area contributed by atoms with Gasteiger partial charge in [0.25, 0.3) is 0 Å². The van der Waals surface area contributed by atoms with E-state index >= 15 is 0 Å². The van der Waals surface area contributed by atoms with Crippen LogP contribution in [-0.2, 0) is 6.42 Å². The molecular formula is C28H26N2O7. The maximum atomic E-state index is 13.6. The first-order chi connectivity index (χ1) is 17.8. The first-order valence-electron chi connectivity index (χ1n) is 11.8. The second-order valence-corrected chi connectivity index (χ2v) is 9.10. The van der Waals surface area contributed by atoms with E-state index in [2.05, 4.69) is 9.97 Å². The van der Waals surface area contributed by atoms with E-state index in [1.807, 2.05) is 19.1 Å². The molecule has 9 heteroatoms. The van der Waals surface area contributed by atoms with Crippen LogP contribution >= 0.6 is 0 Å². The molecule has 190 valence electrons. The summed E-state index contributed by atoms with van der Waals surface area (Å²) in [6.07, 6.45) is 4.57. The number of rotatable bonds is 9. The number of aliphatic hydroxyl groups excluding tert-OH is 1. The predicted molar refractivity (Wildman–Crippen MR) is 137 cm³/mol. The molecule has 3 aromatic heterocycles. The molecule has 3 heterocycles. The highest BCUT2D eigenvalue weighted by atomic mass is 16.5. The number of fused-ring (bicyclic) bond motifs is 2. The van der Waals surface area contributed by atoms with Crippen molar-refractivity contribution in [3.05, 3.63) is 71.4 Å². The van der Waals surface area contributed by atoms with Gasteiger partial charge in [0.2, 0.25) is 17.3 Å². The average molecular weight is 503 g/mol. The zero-order valence-corrected chi connectivity index (χ0v) is 20.3. The second kappa shape index (κ2) is 9.51. The van der Waals surface area contributed by atoms with Crippen molar-refractivity contribution in [1.29, 1.82) is 0 Å². The SMILES string of the molecule is COc1ccc2[nH]cc(-c3c(C(=O)O)oc(C(=O)c4c[nH]c5c(CCC(C)CO)cccc45)c3O)c2c1. The van der Waals surface area contributed by atoms with Crippen LogP contribution in [0.4, 0.5) is 0 Å². The van der Waals surface area contributed by atoms with E-state index in [0.29, 0.717) is 34.0 Å². The Morgan fingerprint density at radius 2 is 1.89 bits per heavy atom. The molecule has 0 aliphatic heterocycles. The number of aliphatic hydroxyl groups is 1. The van der Waals surface area contributed by atoms with Gasteiger partial charge in [-0.15, -0.1) is 0 Å². The molecule has 0 radical (unpaired) electrons. The number of aromatic carboxylic acids is 1. The number of aryl methyl sites for hydroxylation is 1. The summed E-state index contributed by atoms with van der Waals surface area (Å²) in [5, 5.41) is 31.5. The molecule has 0 spiro atoms. The molecule has 0 amide bonds. The Morgan fingerprint density at radius 3 is 2.62 bits per heavy atom. The number of furan rings is 1. The number of hydrogen-bond donors (Lipinski definition) is 5. The standard InChI is InChI=1S/C28H26N2O7/c1-14(13-31)6-7-15-4-3-5-17-20(12-30-23(15)17)24(32)27-25(33)22(26(37-27)28(34)35)19-11-29-21-9-8-16(36-2)10-18(19)21/h3-5,8-12,14,29-31,33H,6-7,13H2,1-2H3,(H,34,35). The maximum absolute atomic E-state index is 13.6. The van der Waals surface area contributed by atoms with E-state index in [4.69, 9.17) is 9.15 Å². The lowest BCUT2D eigenvalue weighted by atomic mass is 9.98. The van der Waals surface area contributed by atoms with Crippen LogP contribution in [0.5, 0.6) is 11.5 Å². The summed E-state index contributed by atoms with van der Waals surface area (Å²) in [4.78, 5) is 31.8. The Bertz CT molecular complexity index is 1640. The number of aromatic hydroxyl groups is 1. The molecule has 2 aromatic carbocycles. The van der Waals surface area contributed by atoms with Gasteiger partial charge in [-0.1, -0.05) is 25.1 Å². The fraction of sp³-hybridized carbons (Fsp3) is 0.214. The van der Waals surface area contributed by atoms with Gasteiger partial charge in [0, 0.05) is 46.4 Å². The van der Waals surface area contributed by atoms with Gasteiger partial charge in [0.1, 0.15) is 5.75 Å². The third-order valence-electron chi connectivity index (χ3n) is 6.71. The molecule has 0 fully saturated rings. The Labute approximate surface area is 211 Å². The number of carbonyl (C=O) groups excluding carboxylic acids is 1. The van der Waals surface area contributed by atoms with E-state index in [0.717, 1.165) is 17.5 Å². The van der Waals surface area contributed by atoms with Crippen molar-refractivity contribution in [2.24, 2.45) is 5.92 Å². The minimum Gasteiger partial charge on any atom is -0.504 e. The number of ether oxygens (including phenoxy) is 1. The van der Waals surface area contributed by atoms with Gasteiger partial charge in [-0.3, -0.25) is 4.79 Å². The lowest BCUT2D eigenvalue weighted by Crippen LogP contribution is -2.02. The molecule has 9 nitrogen and oxygen atoms in total. The molecular weight excluding hydrogens is 476 g/mol. The molecule has 5 N–H and O–H groups in total. The molecule has 0 saturated heterocycles. The van der Waals surface area contributed by atoms with Crippen LogP contribution in [-0.4, -0.2) is 50.8 Å². The van der Waals surface area contributed by atoms with Crippen molar-refractivity contribution in [3.8, 4) is 22.6 Å². The molecule has 5 aromatic rings. The Hall–Kier alpha value is -4.50. The lowest BCUT2D eigenvalue weighted by Gasteiger charge is -2.08. The van der Waals surface area contributed by atoms with Crippen LogP contribution in [0, 0.1) is 5.92 Å². The van der Waals surface area contributed by atoms with Crippen molar-refractivity contribution in [1.82, 2.24) is 9.97 Å². The van der Waals surface area contributed by atoms with Crippen molar-refractivity contribution in [3.63, 3.8) is 0 Å². The largest absolute Gasteiger partial charge is 0.504 e. The molecule has 1 unspecified atom stereocenters. The van der Waals surface area contributed by atoms with Crippen molar-refractivity contribution in [2.75, 3.05) is 13.7 Å². The minimum atomic E-state index is -1.42. The Kier molecular flexibility index (Phi) is 6.22. The number of H-pyrrole nitrogens is 2. The lowest BCUT2D eigenvalue weighted by molar-refractivity contribution is 0.0661. The topological polar surface area (TPSA) is 149 Å². The smallest absolute Gasteiger partial charge is 0.372 e. The summed E-state index contributed by atoms with van der Waals surface area (Å²) in [6, 6.07) is 10.8. The van der Waals surface area contributed by atoms with Gasteiger partial charge in [-0.25, -0.2) is 4.79 Å². The number of aromatic nitrogens is 2. The van der Waals surface area contributed by atoms with Gasteiger partial charge < -0.3 is 34.4 Å². The number of nitrogens with one attached hydrogen (secondary N) is 2. The molecule has 1 atom stereocenters. The number of para-hydroxylation sites is 1. The quantitative estimate of drug-likeness (QED) is 0.176. The van der Waals surface area contributed by atoms with E-state index in [1.54, 1.807) is 30.5 Å². The summed E-state index contributed by atoms with van der Waals surface area (Å²) in [5.41, 5.74) is 2.98. The highest BCUT2D eigenvalue weighted by Gasteiger charge is 2.32. The summed E-state index contributed by atoms with van der Waals surface area (Å²) >= 11 is 0. The zero-order valence-electron chi connectivity index (χ0n) is 20.3. The average Bonchev–Trinajstić information content (AvgIpc) is 3.61. The van der Waals surface area contributed by atoms with Crippen LogP contribution in [0.15, 0.2) is 53.2 Å². The Balaban J connectivity index is 1.60. The van der Waals surface area contributed by atoms with E-state index in [-0.39, 0.29) is 23.7 Å². The number of ketones is 1. The molecule has 0 bridgehead atoms. The van der Waals surface area contributed by atoms with Crippen LogP contribution in [0.2, 0.25) is 0 Å². The number of methoxy groups -OCH3 is 1. The normalized spacial score (nSPS) is 12.3. The number of carboxylic acids is 1. The van der Waals surface area contributed by atoms with E-state index in [1.165, 1.54) is 13.3 Å². The zero-order chi connectivity index (χ0) is 26.3. The number of benzene rings is 2. The van der Waals surface area contributed by atoms with Crippen LogP contribution in [0.25, 0.3) is 32.9 Å². The maximum Gasteiger partial charge on any atom is 0.372 e. The van der Waals surface area contributed by atoms with E-state index in [9.17, 15) is 24.9 Å². The summed E-state index contributed by atoms with van der Waals surface area (Å²) in [6.45, 7) is 2.06. The summed E-state index contributed by atoms with van der Waals surface area (Å²) in [5.74, 6) is -2.91. The van der Waals surface area contributed by atoms with Gasteiger partial charge >= 0.3 is 5.97 Å². The molecule has 0 saturated carbocycles. The van der Waals surface area contributed by atoms with Crippen LogP contribution in [0.1, 0.15) is 45.6 Å². The second-order valence-electron chi connectivity index (χ2n) is 9.10. The predicted octanol–water partition coefficient (Wildman–Crippen LogP) is 5.11. The first-order valence-corrected chi connectivity index (χ1v) is 11.8. The van der Waals surface area contributed by atoms with Crippen LogP contribution in [0.3, 0.4) is 0 Å². The number of carboxylic acid groups (broad SMARTS) is 1. The van der Waals surface area contributed by atoms with Crippen molar-refractivity contribution >= 4 is 33.6 Å². The number of carbonyl (C=O) groups is 2. The fourth-order valence-electron chi connectivity index (χ4n) is 4.64. The van der Waals surface area contributed by atoms with Crippen molar-refractivity contribution < 1.29 is 34.1 Å². The molecule has 0 aliphatic rings. The summed E-state index contributed by atoms with van der Waals surface area (Å²) in [7, 11) is 1.52. The number of aromatic amines is 2.